The van der Waals surface area contributed by atoms with Crippen molar-refractivity contribution in [3.63, 3.8) is 0 Å². The second-order valence-electron chi connectivity index (χ2n) is 43.3. The Morgan fingerprint density at radius 2 is 0.291 bits per heavy atom. The molecule has 0 aliphatic rings. The maximum Gasteiger partial charge on any atom is 0.0725 e. The van der Waals surface area contributed by atoms with E-state index in [9.17, 15) is 0 Å². The van der Waals surface area contributed by atoms with Crippen molar-refractivity contribution in [2.24, 2.45) is 82.9 Å². The molecule has 0 aliphatic heterocycles. The Labute approximate surface area is 782 Å². The summed E-state index contributed by atoms with van der Waals surface area (Å²) in [4.78, 5) is 0. The van der Waals surface area contributed by atoms with E-state index in [0.29, 0.717) is 11.8 Å². The number of hydrogen-bond donors (Lipinski definition) is 0. The van der Waals surface area contributed by atoms with E-state index < -0.39 is 0 Å². The zero-order valence-corrected chi connectivity index (χ0v) is 88.4. The standard InChI is InChI=1S/3C17H33N3.3C14H27N3.C13H25N3/c1-15(2)10-7-5-6-8-12-17-14-18-19-20(17)13-9-11-16(3)4;2*1-15(2)10-8-6-5-7-9-11-17-14-18-19-20(17)13-12-16(3)4;2*1-12(2)7-5-6-8-14-11-15-16-17(14)10-9-13(3)4;1-12(2)8-6-5-7-9-14-10-15-16-17(14)11-13(3)4;1-11(2)7-5-6-8-13-9-14-15-16(13)10-12(3)4/h3*14-16H,5-13H2,1-4H3;2*11-13H,5-10H2,1-4H3;10,12-13H,5-9,11H2,1-4H3;9,11-12H,5-8,10H2,1-4H3. The Bertz CT molecular complexity index is 3360. The molecule has 7 heterocycles. The number of aromatic nitrogens is 21. The van der Waals surface area contributed by atoms with Crippen molar-refractivity contribution in [2.75, 3.05) is 0 Å². The smallest absolute Gasteiger partial charge is 0.0725 e. The van der Waals surface area contributed by atoms with Crippen LogP contribution in [-0.2, 0) is 90.8 Å². The molecule has 0 fully saturated rings. The maximum absolute atomic E-state index is 4.22. The van der Waals surface area contributed by atoms with Crippen LogP contribution in [0.2, 0.25) is 0 Å². The first-order valence-electron chi connectivity index (χ1n) is 52.8. The first kappa shape index (κ1) is 119. The number of rotatable bonds is 64. The van der Waals surface area contributed by atoms with Crippen LogP contribution in [0.1, 0.15) is 465 Å². The van der Waals surface area contributed by atoms with Crippen molar-refractivity contribution in [2.45, 2.75) is 516 Å². The highest BCUT2D eigenvalue weighted by Crippen LogP contribution is 2.21. The largest absolute Gasteiger partial charge is 0.249 e. The topological polar surface area (TPSA) is 215 Å². The van der Waals surface area contributed by atoms with Crippen molar-refractivity contribution in [3.05, 3.63) is 83.2 Å². The average molecular weight is 1770 g/mol. The van der Waals surface area contributed by atoms with Crippen LogP contribution < -0.4 is 0 Å². The van der Waals surface area contributed by atoms with Crippen molar-refractivity contribution in [1.82, 2.24) is 105 Å². The predicted molar refractivity (Wildman–Crippen MR) is 540 cm³/mol. The van der Waals surface area contributed by atoms with Gasteiger partial charge in [-0.05, 0) is 211 Å². The Balaban J connectivity index is 0.000000742. The summed E-state index contributed by atoms with van der Waals surface area (Å²) < 4.78 is 14.6. The summed E-state index contributed by atoms with van der Waals surface area (Å²) in [7, 11) is 0. The van der Waals surface area contributed by atoms with Crippen LogP contribution in [-0.4, -0.2) is 105 Å². The molecule has 0 atom stereocenters. The van der Waals surface area contributed by atoms with Crippen molar-refractivity contribution >= 4 is 0 Å². The summed E-state index contributed by atoms with van der Waals surface area (Å²) in [6, 6.07) is 0. The fourth-order valence-corrected chi connectivity index (χ4v) is 15.0. The minimum Gasteiger partial charge on any atom is -0.249 e. The summed E-state index contributed by atoms with van der Waals surface area (Å²) >= 11 is 0. The van der Waals surface area contributed by atoms with Gasteiger partial charge in [0.2, 0.25) is 0 Å². The maximum atomic E-state index is 4.22. The molecule has 0 saturated heterocycles. The van der Waals surface area contributed by atoms with E-state index in [1.165, 1.54) is 271 Å². The van der Waals surface area contributed by atoms with Crippen LogP contribution in [0, 0.1) is 82.9 Å². The van der Waals surface area contributed by atoms with E-state index in [2.05, 4.69) is 299 Å². The van der Waals surface area contributed by atoms with Gasteiger partial charge in [-0.2, -0.15) is 0 Å². The van der Waals surface area contributed by atoms with E-state index in [1.807, 2.05) is 43.4 Å². The molecule has 0 radical (unpaired) electrons. The Morgan fingerprint density at radius 3 is 0.488 bits per heavy atom. The van der Waals surface area contributed by atoms with Gasteiger partial charge in [0.1, 0.15) is 0 Å². The molecule has 0 saturated carbocycles. The summed E-state index contributed by atoms with van der Waals surface area (Å²) in [5, 5.41) is 57.5. The van der Waals surface area contributed by atoms with Crippen molar-refractivity contribution in [3.8, 4) is 0 Å². The van der Waals surface area contributed by atoms with Crippen LogP contribution in [0.15, 0.2) is 43.4 Å². The van der Waals surface area contributed by atoms with Gasteiger partial charge in [-0.25, -0.2) is 32.8 Å². The molecule has 0 aliphatic carbocycles. The fourth-order valence-electron chi connectivity index (χ4n) is 15.0. The first-order chi connectivity index (χ1) is 60.6. The van der Waals surface area contributed by atoms with E-state index in [4.69, 9.17) is 0 Å². The van der Waals surface area contributed by atoms with Crippen LogP contribution >= 0.6 is 0 Å². The minimum atomic E-state index is 0.635. The van der Waals surface area contributed by atoms with Gasteiger partial charge in [0, 0.05) is 45.8 Å². The van der Waals surface area contributed by atoms with Crippen LogP contribution in [0.25, 0.3) is 0 Å². The third-order valence-corrected chi connectivity index (χ3v) is 23.3. The van der Waals surface area contributed by atoms with E-state index in [0.717, 1.165) is 162 Å². The SMILES string of the molecule is CC(C)CCCCCCCc1cnnn1CCC(C)C.CC(C)CCCCCCCc1cnnn1CCC(C)C.CC(C)CCCCCCc1cnnn1CCCC(C)C.CC(C)CCCCCc1cnnn1CC(C)C.CC(C)CCCCc1cnnn1CC(C)C.CC(C)CCCCc1cnnn1CCC(C)C.CC(C)CCCCc1cnnn1CCC(C)C. The summed E-state index contributed by atoms with van der Waals surface area (Å²) in [5.74, 6) is 10.8. The molecule has 7 rings (SSSR count). The lowest BCUT2D eigenvalue weighted by Gasteiger charge is -2.08. The average Bonchev–Trinajstić information content (AvgIpc) is 1.81. The second-order valence-corrected chi connectivity index (χ2v) is 43.3. The molecule has 0 N–H and O–H groups in total. The molecular weight excluding hydrogens is 1570 g/mol. The molecular formula is C106H205N21. The molecule has 7 aromatic heterocycles. The molecule has 0 amide bonds. The van der Waals surface area contributed by atoms with Crippen LogP contribution in [0.3, 0.4) is 0 Å². The third-order valence-electron chi connectivity index (χ3n) is 23.3. The van der Waals surface area contributed by atoms with Gasteiger partial charge in [0.25, 0.3) is 0 Å². The van der Waals surface area contributed by atoms with Crippen LogP contribution in [0.5, 0.6) is 0 Å². The molecule has 127 heavy (non-hydrogen) atoms. The number of aryl methyl sites for hydroxylation is 12. The highest BCUT2D eigenvalue weighted by Gasteiger charge is 2.14. The van der Waals surface area contributed by atoms with Gasteiger partial charge in [0.05, 0.1) is 83.2 Å². The van der Waals surface area contributed by atoms with E-state index in [1.54, 1.807) is 0 Å². The molecule has 0 aromatic carbocycles. The molecule has 21 heteroatoms. The van der Waals surface area contributed by atoms with Gasteiger partial charge in [-0.15, -0.1) is 35.7 Å². The molecule has 7 aromatic rings. The Kier molecular flexibility index (Phi) is 71.7. The molecule has 734 valence electrons. The lowest BCUT2D eigenvalue weighted by atomic mass is 10.0. The van der Waals surface area contributed by atoms with Gasteiger partial charge in [0.15, 0.2) is 0 Å². The minimum absolute atomic E-state index is 0.635. The monoisotopic (exact) mass is 1770 g/mol. The van der Waals surface area contributed by atoms with Gasteiger partial charge in [-0.1, -0.05) is 378 Å². The van der Waals surface area contributed by atoms with Gasteiger partial charge < -0.3 is 0 Å². The molecule has 0 spiro atoms. The predicted octanol–water partition coefficient (Wildman–Crippen LogP) is 29.0. The number of unbranched alkanes of at least 4 members (excludes halogenated alkanes) is 16. The zero-order valence-electron chi connectivity index (χ0n) is 88.4. The van der Waals surface area contributed by atoms with E-state index in [-0.39, 0.29) is 0 Å². The molecule has 0 bridgehead atoms. The summed E-state index contributed by atoms with van der Waals surface area (Å²) in [6.07, 6.45) is 68.6. The highest BCUT2D eigenvalue weighted by molar-refractivity contribution is 4.99. The molecule has 0 unspecified atom stereocenters. The Hall–Kier alpha value is -6.02. The number of hydrogen-bond acceptors (Lipinski definition) is 14. The van der Waals surface area contributed by atoms with Crippen LogP contribution in [0.4, 0.5) is 0 Å². The van der Waals surface area contributed by atoms with E-state index >= 15 is 0 Å². The van der Waals surface area contributed by atoms with Crippen molar-refractivity contribution in [1.29, 1.82) is 0 Å². The van der Waals surface area contributed by atoms with Gasteiger partial charge in [-0.3, -0.25) is 0 Å². The zero-order chi connectivity index (χ0) is 94.4. The first-order valence-corrected chi connectivity index (χ1v) is 52.8. The lowest BCUT2D eigenvalue weighted by Crippen LogP contribution is -2.10. The quantitative estimate of drug-likeness (QED) is 0.0324. The van der Waals surface area contributed by atoms with Crippen molar-refractivity contribution < 1.29 is 0 Å². The lowest BCUT2D eigenvalue weighted by molar-refractivity contribution is 0.452. The Morgan fingerprint density at radius 1 is 0.150 bits per heavy atom. The normalized spacial score (nSPS) is 11.7. The number of nitrogens with zero attached hydrogens (tertiary/aromatic N) is 21. The molecule has 21 nitrogen and oxygen atoms in total. The second kappa shape index (κ2) is 76.5. The third kappa shape index (κ3) is 68.6. The van der Waals surface area contributed by atoms with Gasteiger partial charge >= 0.3 is 0 Å². The summed E-state index contributed by atoms with van der Waals surface area (Å²) in [5.41, 5.74) is 9.13. The highest BCUT2D eigenvalue weighted by atomic mass is 15.5. The fraction of sp³-hybridized carbons (Fsp3) is 0.868. The summed E-state index contributed by atoms with van der Waals surface area (Å²) in [6.45, 7) is 70.6.